The zero-order valence-corrected chi connectivity index (χ0v) is 12.4. The number of nitrogens with two attached hydrogens (primary N) is 1. The van der Waals surface area contributed by atoms with Crippen LogP contribution in [0.4, 0.5) is 0 Å². The van der Waals surface area contributed by atoms with Gasteiger partial charge in [0, 0.05) is 30.5 Å². The second kappa shape index (κ2) is 5.85. The van der Waals surface area contributed by atoms with E-state index in [1.54, 1.807) is 0 Å². The van der Waals surface area contributed by atoms with E-state index in [-0.39, 0.29) is 11.0 Å². The summed E-state index contributed by atoms with van der Waals surface area (Å²) in [6.45, 7) is 12.8. The molecule has 3 N–H and O–H groups in total. The molecule has 1 atom stereocenters. The summed E-state index contributed by atoms with van der Waals surface area (Å²) in [7, 11) is 0. The van der Waals surface area contributed by atoms with Crippen LogP contribution in [0.5, 0.6) is 0 Å². The molecule has 0 spiro atoms. The lowest BCUT2D eigenvalue weighted by Crippen LogP contribution is -2.46. The van der Waals surface area contributed by atoms with E-state index >= 15 is 0 Å². The standard InChI is InChI=1S/C14H28N4/c1-13(2,3)12(10-18-9-8-16-11-18)17-7-6-14(4,5)15/h8-9,11-12,17H,6-7,10,15H2,1-5H3. The monoisotopic (exact) mass is 252 g/mol. The fourth-order valence-electron chi connectivity index (χ4n) is 1.82. The summed E-state index contributed by atoms with van der Waals surface area (Å²) in [5, 5.41) is 3.63. The summed E-state index contributed by atoms with van der Waals surface area (Å²) >= 11 is 0. The Labute approximate surface area is 111 Å². The van der Waals surface area contributed by atoms with E-state index in [0.717, 1.165) is 19.5 Å². The topological polar surface area (TPSA) is 55.9 Å². The highest BCUT2D eigenvalue weighted by Gasteiger charge is 2.24. The van der Waals surface area contributed by atoms with Crippen LogP contribution in [0.3, 0.4) is 0 Å². The van der Waals surface area contributed by atoms with Crippen LogP contribution in [0.1, 0.15) is 41.0 Å². The van der Waals surface area contributed by atoms with Crippen molar-refractivity contribution in [1.82, 2.24) is 14.9 Å². The molecule has 104 valence electrons. The van der Waals surface area contributed by atoms with E-state index in [0.29, 0.717) is 6.04 Å². The van der Waals surface area contributed by atoms with Crippen molar-refractivity contribution in [2.45, 2.75) is 59.2 Å². The molecule has 1 aromatic heterocycles. The molecule has 4 heteroatoms. The minimum atomic E-state index is -0.107. The first-order chi connectivity index (χ1) is 8.18. The van der Waals surface area contributed by atoms with Gasteiger partial charge in [0.05, 0.1) is 6.33 Å². The van der Waals surface area contributed by atoms with E-state index in [4.69, 9.17) is 5.73 Å². The zero-order valence-electron chi connectivity index (χ0n) is 12.4. The van der Waals surface area contributed by atoms with E-state index in [2.05, 4.69) is 49.5 Å². The van der Waals surface area contributed by atoms with Gasteiger partial charge in [-0.2, -0.15) is 0 Å². The molecule has 0 saturated heterocycles. The summed E-state index contributed by atoms with van der Waals surface area (Å²) in [4.78, 5) is 4.09. The molecule has 1 aromatic rings. The van der Waals surface area contributed by atoms with Gasteiger partial charge in [-0.3, -0.25) is 0 Å². The van der Waals surface area contributed by atoms with Gasteiger partial charge in [-0.1, -0.05) is 20.8 Å². The maximum absolute atomic E-state index is 6.01. The third-order valence-electron chi connectivity index (χ3n) is 3.16. The lowest BCUT2D eigenvalue weighted by molar-refractivity contribution is 0.236. The molecular weight excluding hydrogens is 224 g/mol. The first kappa shape index (κ1) is 15.2. The highest BCUT2D eigenvalue weighted by molar-refractivity contribution is 4.85. The molecule has 1 unspecified atom stereocenters. The Morgan fingerprint density at radius 2 is 1.94 bits per heavy atom. The van der Waals surface area contributed by atoms with Crippen LogP contribution in [-0.2, 0) is 6.54 Å². The van der Waals surface area contributed by atoms with Crippen LogP contribution in [0.2, 0.25) is 0 Å². The second-order valence-corrected chi connectivity index (χ2v) is 6.87. The molecule has 0 bridgehead atoms. The molecule has 0 radical (unpaired) electrons. The highest BCUT2D eigenvalue weighted by Crippen LogP contribution is 2.21. The number of nitrogens with zero attached hydrogens (tertiary/aromatic N) is 2. The molecule has 4 nitrogen and oxygen atoms in total. The molecule has 0 aliphatic rings. The van der Waals surface area contributed by atoms with Crippen molar-refractivity contribution in [3.05, 3.63) is 18.7 Å². The van der Waals surface area contributed by atoms with E-state index in [1.807, 2.05) is 18.7 Å². The van der Waals surface area contributed by atoms with E-state index in [9.17, 15) is 0 Å². The van der Waals surface area contributed by atoms with Crippen molar-refractivity contribution in [2.75, 3.05) is 6.54 Å². The molecule has 0 saturated carbocycles. The molecule has 0 amide bonds. The SMILES string of the molecule is CC(C)(N)CCNC(Cn1ccnc1)C(C)(C)C. The Balaban J connectivity index is 2.52. The largest absolute Gasteiger partial charge is 0.336 e. The third kappa shape index (κ3) is 5.65. The van der Waals surface area contributed by atoms with Crippen LogP contribution < -0.4 is 11.1 Å². The number of hydrogen-bond acceptors (Lipinski definition) is 3. The van der Waals surface area contributed by atoms with Crippen molar-refractivity contribution in [2.24, 2.45) is 11.1 Å². The molecule has 0 fully saturated rings. The van der Waals surface area contributed by atoms with Crippen molar-refractivity contribution < 1.29 is 0 Å². The van der Waals surface area contributed by atoms with Crippen LogP contribution in [0, 0.1) is 5.41 Å². The van der Waals surface area contributed by atoms with Gasteiger partial charge in [-0.15, -0.1) is 0 Å². The maximum Gasteiger partial charge on any atom is 0.0946 e. The van der Waals surface area contributed by atoms with E-state index < -0.39 is 0 Å². The van der Waals surface area contributed by atoms with Gasteiger partial charge in [0.2, 0.25) is 0 Å². The third-order valence-corrected chi connectivity index (χ3v) is 3.16. The Morgan fingerprint density at radius 3 is 2.39 bits per heavy atom. The minimum Gasteiger partial charge on any atom is -0.336 e. The fourth-order valence-corrected chi connectivity index (χ4v) is 1.82. The Kier molecular flexibility index (Phi) is 4.93. The molecule has 1 rings (SSSR count). The number of hydrogen-bond donors (Lipinski definition) is 2. The highest BCUT2D eigenvalue weighted by atomic mass is 15.1. The van der Waals surface area contributed by atoms with Gasteiger partial charge in [0.1, 0.15) is 0 Å². The average Bonchev–Trinajstić information content (AvgIpc) is 2.65. The first-order valence-electron chi connectivity index (χ1n) is 6.66. The summed E-state index contributed by atoms with van der Waals surface area (Å²) in [5.74, 6) is 0. The Morgan fingerprint density at radius 1 is 1.28 bits per heavy atom. The quantitative estimate of drug-likeness (QED) is 0.814. The zero-order chi connectivity index (χ0) is 13.8. The lowest BCUT2D eigenvalue weighted by Gasteiger charge is -2.33. The van der Waals surface area contributed by atoms with Crippen LogP contribution in [0.25, 0.3) is 0 Å². The van der Waals surface area contributed by atoms with Gasteiger partial charge in [-0.05, 0) is 32.2 Å². The smallest absolute Gasteiger partial charge is 0.0946 e. The van der Waals surface area contributed by atoms with Crippen LogP contribution >= 0.6 is 0 Å². The minimum absolute atomic E-state index is 0.107. The molecular formula is C14H28N4. The molecule has 0 aromatic carbocycles. The second-order valence-electron chi connectivity index (χ2n) is 6.87. The molecule has 0 aliphatic carbocycles. The number of rotatable bonds is 6. The Hall–Kier alpha value is -0.870. The normalized spacial score (nSPS) is 14.8. The van der Waals surface area contributed by atoms with E-state index in [1.165, 1.54) is 0 Å². The van der Waals surface area contributed by atoms with Crippen LogP contribution in [0.15, 0.2) is 18.7 Å². The fraction of sp³-hybridized carbons (Fsp3) is 0.786. The first-order valence-corrected chi connectivity index (χ1v) is 6.66. The average molecular weight is 252 g/mol. The predicted molar refractivity (Wildman–Crippen MR) is 76.4 cm³/mol. The van der Waals surface area contributed by atoms with Gasteiger partial charge >= 0.3 is 0 Å². The van der Waals surface area contributed by atoms with Gasteiger partial charge in [-0.25, -0.2) is 4.98 Å². The summed E-state index contributed by atoms with van der Waals surface area (Å²) in [6, 6.07) is 0.411. The maximum atomic E-state index is 6.01. The molecule has 1 heterocycles. The van der Waals surface area contributed by atoms with Crippen molar-refractivity contribution in [3.8, 4) is 0 Å². The van der Waals surface area contributed by atoms with Crippen LogP contribution in [-0.4, -0.2) is 27.7 Å². The summed E-state index contributed by atoms with van der Waals surface area (Å²) in [6.07, 6.45) is 6.67. The molecule has 0 aliphatic heterocycles. The van der Waals surface area contributed by atoms with Gasteiger partial charge < -0.3 is 15.6 Å². The lowest BCUT2D eigenvalue weighted by atomic mass is 9.86. The van der Waals surface area contributed by atoms with Gasteiger partial charge in [0.15, 0.2) is 0 Å². The van der Waals surface area contributed by atoms with Gasteiger partial charge in [0.25, 0.3) is 0 Å². The van der Waals surface area contributed by atoms with Crippen molar-refractivity contribution in [1.29, 1.82) is 0 Å². The Bertz CT molecular complexity index is 330. The summed E-state index contributed by atoms with van der Waals surface area (Å²) in [5.41, 5.74) is 6.12. The molecule has 18 heavy (non-hydrogen) atoms. The number of imidazole rings is 1. The predicted octanol–water partition coefficient (Wildman–Crippen LogP) is 2.01. The number of aromatic nitrogens is 2. The van der Waals surface area contributed by atoms with Crippen molar-refractivity contribution >= 4 is 0 Å². The number of nitrogens with one attached hydrogen (secondary N) is 1. The van der Waals surface area contributed by atoms with Crippen molar-refractivity contribution in [3.63, 3.8) is 0 Å². The summed E-state index contributed by atoms with van der Waals surface area (Å²) < 4.78 is 2.12.